The summed E-state index contributed by atoms with van der Waals surface area (Å²) in [6, 6.07) is 17.9. The summed E-state index contributed by atoms with van der Waals surface area (Å²) in [5.41, 5.74) is 2.64. The number of nitrogens with one attached hydrogen (secondary N) is 1. The Kier molecular flexibility index (Phi) is 10.6. The minimum Gasteiger partial charge on any atom is -0.354 e. The first-order valence-corrected chi connectivity index (χ1v) is 15.2. The fourth-order valence-electron chi connectivity index (χ4n) is 4.01. The zero-order valence-electron chi connectivity index (χ0n) is 22.4. The molecule has 0 fully saturated rings. The van der Waals surface area contributed by atoms with Crippen LogP contribution in [0, 0.1) is 13.8 Å². The van der Waals surface area contributed by atoms with E-state index in [0.29, 0.717) is 22.8 Å². The van der Waals surface area contributed by atoms with Gasteiger partial charge in [-0.05, 0) is 80.8 Å². The summed E-state index contributed by atoms with van der Waals surface area (Å²) in [6.07, 6.45) is 0.748. The lowest BCUT2D eigenvalue weighted by molar-refractivity contribution is -0.139. The Morgan fingerprint density at radius 2 is 1.64 bits per heavy atom. The molecule has 0 aliphatic heterocycles. The molecule has 1 unspecified atom stereocenters. The number of amides is 2. The average Bonchev–Trinajstić information content (AvgIpc) is 2.90. The second kappa shape index (κ2) is 13.5. The van der Waals surface area contributed by atoms with Gasteiger partial charge < -0.3 is 10.2 Å². The fourth-order valence-corrected chi connectivity index (χ4v) is 5.98. The lowest BCUT2D eigenvalue weighted by Gasteiger charge is -2.32. The quantitative estimate of drug-likeness (QED) is 0.286. The van der Waals surface area contributed by atoms with Crippen LogP contribution in [-0.4, -0.2) is 44.3 Å². The fraction of sp³-hybridized carbons (Fsp3) is 0.310. The monoisotopic (exact) mass is 633 g/mol. The van der Waals surface area contributed by atoms with Crippen LogP contribution in [0.2, 0.25) is 5.02 Å². The Morgan fingerprint density at radius 3 is 2.23 bits per heavy atom. The summed E-state index contributed by atoms with van der Waals surface area (Å²) in [5.74, 6) is -0.819. The average molecular weight is 635 g/mol. The maximum absolute atomic E-state index is 13.9. The third-order valence-corrected chi connectivity index (χ3v) is 8.84. The van der Waals surface area contributed by atoms with Crippen LogP contribution in [0.3, 0.4) is 0 Å². The van der Waals surface area contributed by atoms with Crippen molar-refractivity contribution in [2.24, 2.45) is 0 Å². The molecule has 208 valence electrons. The zero-order chi connectivity index (χ0) is 28.7. The predicted octanol–water partition coefficient (Wildman–Crippen LogP) is 5.86. The smallest absolute Gasteiger partial charge is 0.264 e. The van der Waals surface area contributed by atoms with Crippen molar-refractivity contribution in [3.63, 3.8) is 0 Å². The molecule has 3 rings (SSSR count). The van der Waals surface area contributed by atoms with Crippen LogP contribution in [0.25, 0.3) is 0 Å². The summed E-state index contributed by atoms with van der Waals surface area (Å²) in [6.45, 7) is 7.30. The van der Waals surface area contributed by atoms with Crippen molar-refractivity contribution in [1.29, 1.82) is 0 Å². The molecule has 1 N–H and O–H groups in total. The number of halogens is 2. The van der Waals surface area contributed by atoms with E-state index in [4.69, 9.17) is 11.6 Å². The number of anilines is 1. The van der Waals surface area contributed by atoms with Crippen molar-refractivity contribution in [1.82, 2.24) is 10.2 Å². The second-order valence-electron chi connectivity index (χ2n) is 9.37. The highest BCUT2D eigenvalue weighted by molar-refractivity contribution is 9.10. The number of aryl methyl sites for hydroxylation is 2. The van der Waals surface area contributed by atoms with E-state index in [-0.39, 0.29) is 17.3 Å². The third kappa shape index (κ3) is 7.84. The van der Waals surface area contributed by atoms with Crippen LogP contribution in [0.4, 0.5) is 5.69 Å². The molecule has 7 nitrogen and oxygen atoms in total. The number of rotatable bonds is 11. The van der Waals surface area contributed by atoms with Crippen molar-refractivity contribution in [2.45, 2.75) is 51.6 Å². The molecule has 0 saturated heterocycles. The number of hydrogen-bond acceptors (Lipinski definition) is 4. The number of carbonyl (C=O) groups is 2. The van der Waals surface area contributed by atoms with Gasteiger partial charge in [0.25, 0.3) is 10.0 Å². The van der Waals surface area contributed by atoms with Crippen LogP contribution in [0.1, 0.15) is 37.0 Å². The topological polar surface area (TPSA) is 86.8 Å². The molecule has 10 heteroatoms. The molecule has 3 aromatic carbocycles. The standard InChI is InChI=1S/C29H33BrClN3O4S/c1-5-16-32-29(36)22(4)33(18-23-8-10-24(30)11-9-23)28(35)19-34(27-15-12-25(31)17-21(27)3)39(37,38)26-13-6-20(2)7-14-26/h6-15,17,22H,5,16,18-19H2,1-4H3,(H,32,36). The summed E-state index contributed by atoms with van der Waals surface area (Å²) in [5, 5.41) is 3.29. The maximum atomic E-state index is 13.9. The summed E-state index contributed by atoms with van der Waals surface area (Å²) in [4.78, 5) is 28.3. The van der Waals surface area contributed by atoms with E-state index in [1.807, 2.05) is 38.1 Å². The van der Waals surface area contributed by atoms with Crippen LogP contribution in [0.5, 0.6) is 0 Å². The van der Waals surface area contributed by atoms with Gasteiger partial charge in [-0.1, -0.05) is 64.3 Å². The van der Waals surface area contributed by atoms with Crippen LogP contribution < -0.4 is 9.62 Å². The summed E-state index contributed by atoms with van der Waals surface area (Å²) < 4.78 is 29.8. The molecule has 0 radical (unpaired) electrons. The van der Waals surface area contributed by atoms with Crippen molar-refractivity contribution in [3.8, 4) is 0 Å². The van der Waals surface area contributed by atoms with Crippen LogP contribution >= 0.6 is 27.5 Å². The lowest BCUT2D eigenvalue weighted by Crippen LogP contribution is -2.51. The van der Waals surface area contributed by atoms with Gasteiger partial charge in [-0.25, -0.2) is 8.42 Å². The minimum atomic E-state index is -4.14. The maximum Gasteiger partial charge on any atom is 0.264 e. The molecular weight excluding hydrogens is 602 g/mol. The molecule has 0 aromatic heterocycles. The molecule has 2 amide bonds. The number of hydrogen-bond donors (Lipinski definition) is 1. The van der Waals surface area contributed by atoms with Gasteiger partial charge in [0.05, 0.1) is 10.6 Å². The van der Waals surface area contributed by atoms with Gasteiger partial charge in [-0.2, -0.15) is 0 Å². The van der Waals surface area contributed by atoms with E-state index in [1.54, 1.807) is 44.2 Å². The number of carbonyl (C=O) groups excluding carboxylic acids is 2. The Morgan fingerprint density at radius 1 is 1.00 bits per heavy atom. The van der Waals surface area contributed by atoms with Crippen molar-refractivity contribution in [3.05, 3.63) is 92.9 Å². The molecule has 3 aromatic rings. The molecule has 1 atom stereocenters. The van der Waals surface area contributed by atoms with Gasteiger partial charge >= 0.3 is 0 Å². The largest absolute Gasteiger partial charge is 0.354 e. The van der Waals surface area contributed by atoms with Crippen LogP contribution in [0.15, 0.2) is 76.1 Å². The molecule has 0 heterocycles. The van der Waals surface area contributed by atoms with E-state index in [9.17, 15) is 18.0 Å². The number of nitrogens with zero attached hydrogens (tertiary/aromatic N) is 2. The van der Waals surface area contributed by atoms with Crippen molar-refractivity contribution >= 4 is 55.1 Å². The normalized spacial score (nSPS) is 12.1. The van der Waals surface area contributed by atoms with Gasteiger partial charge in [0.1, 0.15) is 12.6 Å². The number of sulfonamides is 1. The molecule has 0 saturated carbocycles. The first-order valence-electron chi connectivity index (χ1n) is 12.6. The molecule has 0 aliphatic carbocycles. The molecule has 39 heavy (non-hydrogen) atoms. The molecule has 0 spiro atoms. The van der Waals surface area contributed by atoms with Crippen molar-refractivity contribution < 1.29 is 18.0 Å². The van der Waals surface area contributed by atoms with E-state index >= 15 is 0 Å². The molecular formula is C29H33BrClN3O4S. The first-order chi connectivity index (χ1) is 18.4. The first kappa shape index (κ1) is 30.7. The third-order valence-electron chi connectivity index (χ3n) is 6.30. The van der Waals surface area contributed by atoms with Gasteiger partial charge in [-0.3, -0.25) is 13.9 Å². The van der Waals surface area contributed by atoms with Crippen LogP contribution in [-0.2, 0) is 26.2 Å². The zero-order valence-corrected chi connectivity index (χ0v) is 25.6. The SMILES string of the molecule is CCCNC(=O)C(C)N(Cc1ccc(Br)cc1)C(=O)CN(c1ccc(Cl)cc1C)S(=O)(=O)c1ccc(C)cc1. The summed E-state index contributed by atoms with van der Waals surface area (Å²) >= 11 is 9.57. The Hall–Kier alpha value is -2.88. The van der Waals surface area contributed by atoms with E-state index in [0.717, 1.165) is 26.3 Å². The molecule has 0 bridgehead atoms. The van der Waals surface area contributed by atoms with Gasteiger partial charge in [-0.15, -0.1) is 0 Å². The Labute approximate surface area is 244 Å². The highest BCUT2D eigenvalue weighted by Gasteiger charge is 2.33. The Bertz CT molecular complexity index is 1410. The minimum absolute atomic E-state index is 0.0587. The highest BCUT2D eigenvalue weighted by Crippen LogP contribution is 2.29. The highest BCUT2D eigenvalue weighted by atomic mass is 79.9. The van der Waals surface area contributed by atoms with Crippen molar-refractivity contribution in [2.75, 3.05) is 17.4 Å². The second-order valence-corrected chi connectivity index (χ2v) is 12.6. The summed E-state index contributed by atoms with van der Waals surface area (Å²) in [7, 11) is -4.14. The van der Waals surface area contributed by atoms with Gasteiger partial charge in [0.2, 0.25) is 11.8 Å². The van der Waals surface area contributed by atoms with E-state index in [2.05, 4.69) is 21.2 Å². The lowest BCUT2D eigenvalue weighted by atomic mass is 10.1. The van der Waals surface area contributed by atoms with Gasteiger partial charge in [0.15, 0.2) is 0 Å². The van der Waals surface area contributed by atoms with Gasteiger partial charge in [0, 0.05) is 22.6 Å². The Balaban J connectivity index is 2.05. The van der Waals surface area contributed by atoms with E-state index in [1.165, 1.54) is 17.0 Å². The molecule has 0 aliphatic rings. The number of benzene rings is 3. The van der Waals surface area contributed by atoms with E-state index < -0.39 is 28.5 Å². The predicted molar refractivity (Wildman–Crippen MR) is 159 cm³/mol.